The largest absolute Gasteiger partial charge is 0.435 e. The number of nitrogens with two attached hydrogens (primary N) is 1. The van der Waals surface area contributed by atoms with Gasteiger partial charge in [-0.05, 0) is 66.9 Å². The Kier molecular flexibility index (Phi) is 9.98. The van der Waals surface area contributed by atoms with Crippen LogP contribution in [0.2, 0.25) is 0 Å². The van der Waals surface area contributed by atoms with E-state index in [-0.39, 0.29) is 49.0 Å². The molecule has 0 aromatic heterocycles. The molecular weight excluding hydrogens is 616 g/mol. The summed E-state index contributed by atoms with van der Waals surface area (Å²) in [6, 6.07) is 10.9. The first kappa shape index (κ1) is 32.9. The molecule has 0 spiro atoms. The molecule has 1 atom stereocenters. The highest BCUT2D eigenvalue weighted by molar-refractivity contribution is 7.92. The van der Waals surface area contributed by atoms with E-state index in [0.717, 1.165) is 40.7 Å². The molecule has 4 rings (SSSR count). The Hall–Kier alpha value is -3.98. The highest BCUT2D eigenvalue weighted by Crippen LogP contribution is 2.41. The Morgan fingerprint density at radius 3 is 2.43 bits per heavy atom. The first-order valence-corrected chi connectivity index (χ1v) is 14.8. The highest BCUT2D eigenvalue weighted by atomic mass is 32.2. The molecule has 44 heavy (non-hydrogen) atoms. The summed E-state index contributed by atoms with van der Waals surface area (Å²) in [5.74, 6) is -1.84. The number of alkyl halides is 5. The minimum absolute atomic E-state index is 0.0478. The molecular formula is C29H29F6N3O5S. The second-order valence-corrected chi connectivity index (χ2v) is 11.9. The van der Waals surface area contributed by atoms with Crippen molar-refractivity contribution in [1.29, 1.82) is 0 Å². The van der Waals surface area contributed by atoms with Gasteiger partial charge in [-0.2, -0.15) is 22.0 Å². The number of amides is 1. The molecule has 0 fully saturated rings. The Labute approximate surface area is 250 Å². The fourth-order valence-corrected chi connectivity index (χ4v) is 6.25. The third-order valence-corrected chi connectivity index (χ3v) is 8.70. The Balaban J connectivity index is 1.73. The number of nitrogens with zero attached hydrogens (tertiary/aromatic N) is 2. The number of sulfonamides is 1. The minimum Gasteiger partial charge on any atom is -0.435 e. The molecule has 0 saturated carbocycles. The molecule has 3 aromatic carbocycles. The molecule has 0 bridgehead atoms. The Bertz CT molecular complexity index is 1600. The van der Waals surface area contributed by atoms with Crippen molar-refractivity contribution in [2.45, 2.75) is 43.6 Å². The van der Waals surface area contributed by atoms with Crippen molar-refractivity contribution in [1.82, 2.24) is 0 Å². The zero-order valence-electron chi connectivity index (χ0n) is 23.4. The summed E-state index contributed by atoms with van der Waals surface area (Å²) in [6.45, 7) is -0.877. The van der Waals surface area contributed by atoms with Crippen molar-refractivity contribution in [3.8, 4) is 16.9 Å². The lowest BCUT2D eigenvalue weighted by Crippen LogP contribution is -2.44. The second-order valence-electron chi connectivity index (χ2n) is 10.0. The van der Waals surface area contributed by atoms with Crippen LogP contribution >= 0.6 is 0 Å². The van der Waals surface area contributed by atoms with Crippen molar-refractivity contribution in [3.05, 3.63) is 72.0 Å². The van der Waals surface area contributed by atoms with Crippen LogP contribution in [0.1, 0.15) is 25.3 Å². The van der Waals surface area contributed by atoms with E-state index in [1.807, 2.05) is 4.90 Å². The van der Waals surface area contributed by atoms with Gasteiger partial charge in [0.25, 0.3) is 10.0 Å². The Morgan fingerprint density at radius 1 is 1.00 bits per heavy atom. The first-order chi connectivity index (χ1) is 20.6. The van der Waals surface area contributed by atoms with Gasteiger partial charge >= 0.3 is 12.8 Å². The number of ether oxygens (including phenoxy) is 2. The van der Waals surface area contributed by atoms with E-state index in [1.54, 1.807) is 19.1 Å². The number of hydrogen-bond donors (Lipinski definition) is 1. The molecule has 1 amide bonds. The van der Waals surface area contributed by atoms with E-state index in [2.05, 4.69) is 4.74 Å². The number of carbonyl (C=O) groups excluding carboxylic acids is 1. The molecule has 1 aliphatic rings. The second kappa shape index (κ2) is 13.3. The predicted molar refractivity (Wildman–Crippen MR) is 150 cm³/mol. The quantitative estimate of drug-likeness (QED) is 0.250. The highest BCUT2D eigenvalue weighted by Gasteiger charge is 2.36. The molecule has 15 heteroatoms. The lowest BCUT2D eigenvalue weighted by Gasteiger charge is -2.39. The number of carbonyl (C=O) groups is 1. The molecule has 238 valence electrons. The zero-order chi connectivity index (χ0) is 32.2. The van der Waals surface area contributed by atoms with Gasteiger partial charge in [-0.3, -0.25) is 9.10 Å². The lowest BCUT2D eigenvalue weighted by molar-refractivity contribution is -0.137. The standard InChI is InChI=1S/C29H29F6N3O5S/c1-18(42-12-8-27(36)39)7-9-37-10-11-38(44(40,41)24-4-2-3-21(16-24)29(33,34)35)26-15-19(5-6-25(26)37)20-13-22(30)17-23(14-20)43-28(31)32/h2-6,13-18,28H,7-12H2,1H3,(H2,36,39). The van der Waals surface area contributed by atoms with E-state index in [4.69, 9.17) is 10.5 Å². The lowest BCUT2D eigenvalue weighted by atomic mass is 10.0. The number of primary amides is 1. The monoisotopic (exact) mass is 645 g/mol. The van der Waals surface area contributed by atoms with Crippen molar-refractivity contribution < 1.29 is 49.0 Å². The van der Waals surface area contributed by atoms with Crippen molar-refractivity contribution in [2.75, 3.05) is 35.4 Å². The maximum Gasteiger partial charge on any atom is 0.416 e. The van der Waals surface area contributed by atoms with Gasteiger partial charge in [-0.1, -0.05) is 12.1 Å². The van der Waals surface area contributed by atoms with E-state index in [9.17, 15) is 39.6 Å². The van der Waals surface area contributed by atoms with Crippen molar-refractivity contribution in [2.24, 2.45) is 5.73 Å². The summed E-state index contributed by atoms with van der Waals surface area (Å²) in [4.78, 5) is 12.3. The first-order valence-electron chi connectivity index (χ1n) is 13.4. The van der Waals surface area contributed by atoms with Gasteiger partial charge in [0, 0.05) is 25.6 Å². The van der Waals surface area contributed by atoms with Gasteiger partial charge in [0.15, 0.2) is 0 Å². The normalized spacial score (nSPS) is 14.5. The van der Waals surface area contributed by atoms with Crippen molar-refractivity contribution >= 4 is 27.3 Å². The van der Waals surface area contributed by atoms with Gasteiger partial charge in [-0.15, -0.1) is 0 Å². The summed E-state index contributed by atoms with van der Waals surface area (Å²) in [5, 5.41) is 0. The van der Waals surface area contributed by atoms with E-state index >= 15 is 0 Å². The number of anilines is 2. The summed E-state index contributed by atoms with van der Waals surface area (Å²) >= 11 is 0. The van der Waals surface area contributed by atoms with E-state index in [0.29, 0.717) is 24.7 Å². The van der Waals surface area contributed by atoms with Crippen LogP contribution in [0.3, 0.4) is 0 Å². The topological polar surface area (TPSA) is 102 Å². The van der Waals surface area contributed by atoms with E-state index in [1.165, 1.54) is 6.07 Å². The number of benzene rings is 3. The van der Waals surface area contributed by atoms with Crippen LogP contribution in [-0.2, 0) is 25.7 Å². The summed E-state index contributed by atoms with van der Waals surface area (Å²) < 4.78 is 119. The Morgan fingerprint density at radius 2 is 1.75 bits per heavy atom. The third-order valence-electron chi connectivity index (χ3n) is 6.89. The molecule has 3 aromatic rings. The number of rotatable bonds is 12. The summed E-state index contributed by atoms with van der Waals surface area (Å²) in [6.07, 6.45) is -4.55. The molecule has 0 radical (unpaired) electrons. The predicted octanol–water partition coefficient (Wildman–Crippen LogP) is 5.80. The van der Waals surface area contributed by atoms with Crippen molar-refractivity contribution in [3.63, 3.8) is 0 Å². The van der Waals surface area contributed by atoms with Gasteiger partial charge in [0.1, 0.15) is 11.6 Å². The smallest absolute Gasteiger partial charge is 0.416 e. The van der Waals surface area contributed by atoms with Gasteiger partial charge in [0.05, 0.1) is 41.1 Å². The van der Waals surface area contributed by atoms with Gasteiger partial charge < -0.3 is 20.1 Å². The maximum atomic E-state index is 14.3. The van der Waals surface area contributed by atoms with Gasteiger partial charge in [0.2, 0.25) is 5.91 Å². The van der Waals surface area contributed by atoms with Crippen LogP contribution in [0.5, 0.6) is 5.75 Å². The van der Waals surface area contributed by atoms with Crippen LogP contribution in [0.4, 0.5) is 37.7 Å². The molecule has 1 aliphatic heterocycles. The third kappa shape index (κ3) is 7.94. The van der Waals surface area contributed by atoms with Gasteiger partial charge in [-0.25, -0.2) is 12.8 Å². The number of hydrogen-bond acceptors (Lipinski definition) is 6. The zero-order valence-corrected chi connectivity index (χ0v) is 24.2. The fraction of sp³-hybridized carbons (Fsp3) is 0.345. The SMILES string of the molecule is CC(CCN1CCN(S(=O)(=O)c2cccc(C(F)(F)F)c2)c2cc(-c3cc(F)cc(OC(F)F)c3)ccc21)OCCC(N)=O. The van der Waals surface area contributed by atoms with Crippen LogP contribution < -0.4 is 19.7 Å². The average Bonchev–Trinajstić information content (AvgIpc) is 2.94. The summed E-state index contributed by atoms with van der Waals surface area (Å²) in [5.41, 5.74) is 4.86. The molecule has 0 saturated heterocycles. The van der Waals surface area contributed by atoms with Crippen LogP contribution in [0.15, 0.2) is 65.6 Å². The molecule has 2 N–H and O–H groups in total. The molecule has 1 unspecified atom stereocenters. The fourth-order valence-electron chi connectivity index (χ4n) is 4.75. The van der Waals surface area contributed by atoms with Crippen LogP contribution in [0.25, 0.3) is 11.1 Å². The van der Waals surface area contributed by atoms with Crippen LogP contribution in [-0.4, -0.2) is 53.3 Å². The molecule has 8 nitrogen and oxygen atoms in total. The van der Waals surface area contributed by atoms with E-state index < -0.39 is 50.7 Å². The molecule has 0 aliphatic carbocycles. The maximum absolute atomic E-state index is 14.3. The summed E-state index contributed by atoms with van der Waals surface area (Å²) in [7, 11) is -4.52. The molecule has 1 heterocycles. The number of fused-ring (bicyclic) bond motifs is 1. The average molecular weight is 646 g/mol. The number of halogens is 6. The minimum atomic E-state index is -4.78. The van der Waals surface area contributed by atoms with Crippen LogP contribution in [0, 0.1) is 5.82 Å².